The van der Waals surface area contributed by atoms with Gasteiger partial charge >= 0.3 is 6.03 Å². The molecule has 1 atom stereocenters. The lowest BCUT2D eigenvalue weighted by atomic mass is 10.0. The maximum Gasteiger partial charge on any atom is 0.317 e. The summed E-state index contributed by atoms with van der Waals surface area (Å²) in [6, 6.07) is 13.3. The average Bonchev–Trinajstić information content (AvgIpc) is 3.35. The fourth-order valence-electron chi connectivity index (χ4n) is 4.50. The fourth-order valence-corrected chi connectivity index (χ4v) is 4.50. The molecule has 0 radical (unpaired) electrons. The summed E-state index contributed by atoms with van der Waals surface area (Å²) in [7, 11) is 0. The second kappa shape index (κ2) is 10.5. The van der Waals surface area contributed by atoms with Gasteiger partial charge in [0.05, 0.1) is 12.3 Å². The molecule has 2 N–H and O–H groups in total. The van der Waals surface area contributed by atoms with Gasteiger partial charge in [0.15, 0.2) is 0 Å². The largest absolute Gasteiger partial charge is 0.468 e. The van der Waals surface area contributed by atoms with Crippen LogP contribution in [-0.4, -0.2) is 60.5 Å². The number of benzene rings is 1. The lowest BCUT2D eigenvalue weighted by molar-refractivity contribution is 0.0917. The third kappa shape index (κ3) is 5.67. The predicted octanol–water partition coefficient (Wildman–Crippen LogP) is 3.41. The van der Waals surface area contributed by atoms with Crippen molar-refractivity contribution in [2.45, 2.75) is 44.2 Å². The molecule has 1 unspecified atom stereocenters. The summed E-state index contributed by atoms with van der Waals surface area (Å²) in [5.74, 6) is 0.857. The van der Waals surface area contributed by atoms with E-state index in [0.717, 1.165) is 31.7 Å². The third-order valence-electron chi connectivity index (χ3n) is 6.30. The van der Waals surface area contributed by atoms with Crippen molar-refractivity contribution in [2.24, 2.45) is 0 Å². The first-order valence-corrected chi connectivity index (χ1v) is 11.4. The van der Waals surface area contributed by atoms with E-state index >= 15 is 0 Å². The first-order chi connectivity index (χ1) is 15.2. The summed E-state index contributed by atoms with van der Waals surface area (Å²) >= 11 is 0. The number of amides is 3. The molecular formula is C24H32N4O3. The summed E-state index contributed by atoms with van der Waals surface area (Å²) in [5.41, 5.74) is 0.671. The summed E-state index contributed by atoms with van der Waals surface area (Å²) in [4.78, 5) is 29.4. The van der Waals surface area contributed by atoms with E-state index < -0.39 is 0 Å². The van der Waals surface area contributed by atoms with Crippen LogP contribution in [0.15, 0.2) is 53.1 Å². The minimum absolute atomic E-state index is 0.0404. The normalized spacial score (nSPS) is 19.0. The highest BCUT2D eigenvalue weighted by molar-refractivity contribution is 5.94. The van der Waals surface area contributed by atoms with E-state index in [9.17, 15) is 9.59 Å². The summed E-state index contributed by atoms with van der Waals surface area (Å²) < 4.78 is 5.67. The Balaban J connectivity index is 1.25. The number of furan rings is 1. The van der Waals surface area contributed by atoms with Crippen molar-refractivity contribution in [3.63, 3.8) is 0 Å². The molecule has 0 saturated carbocycles. The highest BCUT2D eigenvalue weighted by Crippen LogP contribution is 2.24. The van der Waals surface area contributed by atoms with Gasteiger partial charge in [0.2, 0.25) is 0 Å². The van der Waals surface area contributed by atoms with Gasteiger partial charge in [-0.15, -0.1) is 0 Å². The molecule has 3 amide bonds. The number of likely N-dealkylation sites (tertiary alicyclic amines) is 2. The van der Waals surface area contributed by atoms with Crippen LogP contribution in [0, 0.1) is 0 Å². The summed E-state index contributed by atoms with van der Waals surface area (Å²) in [6.45, 7) is 3.89. The van der Waals surface area contributed by atoms with Crippen molar-refractivity contribution in [1.29, 1.82) is 0 Å². The quantitative estimate of drug-likeness (QED) is 0.745. The van der Waals surface area contributed by atoms with Gasteiger partial charge in [0.1, 0.15) is 5.76 Å². The van der Waals surface area contributed by atoms with Crippen LogP contribution in [0.3, 0.4) is 0 Å². The zero-order chi connectivity index (χ0) is 21.5. The molecule has 0 spiro atoms. The zero-order valence-electron chi connectivity index (χ0n) is 18.0. The average molecular weight is 425 g/mol. The number of nitrogens with one attached hydrogen (secondary N) is 2. The van der Waals surface area contributed by atoms with Gasteiger partial charge in [0.25, 0.3) is 5.91 Å². The zero-order valence-corrected chi connectivity index (χ0v) is 18.0. The van der Waals surface area contributed by atoms with Crippen LogP contribution in [0.1, 0.15) is 54.3 Å². The highest BCUT2D eigenvalue weighted by Gasteiger charge is 2.27. The van der Waals surface area contributed by atoms with Crippen LogP contribution >= 0.6 is 0 Å². The van der Waals surface area contributed by atoms with E-state index in [1.807, 2.05) is 47.4 Å². The molecule has 31 heavy (non-hydrogen) atoms. The number of rotatable bonds is 6. The Kier molecular flexibility index (Phi) is 7.25. The van der Waals surface area contributed by atoms with E-state index in [-0.39, 0.29) is 24.0 Å². The Morgan fingerprint density at radius 1 is 0.968 bits per heavy atom. The maximum absolute atomic E-state index is 12.8. The van der Waals surface area contributed by atoms with E-state index in [0.29, 0.717) is 25.2 Å². The van der Waals surface area contributed by atoms with E-state index in [4.69, 9.17) is 4.42 Å². The van der Waals surface area contributed by atoms with E-state index in [2.05, 4.69) is 15.5 Å². The third-order valence-corrected chi connectivity index (χ3v) is 6.30. The highest BCUT2D eigenvalue weighted by atomic mass is 16.3. The number of urea groups is 1. The van der Waals surface area contributed by atoms with Crippen LogP contribution < -0.4 is 10.6 Å². The number of hydrogen-bond donors (Lipinski definition) is 2. The van der Waals surface area contributed by atoms with Gasteiger partial charge in [-0.2, -0.15) is 0 Å². The Labute approximate surface area is 183 Å². The Morgan fingerprint density at radius 3 is 2.39 bits per heavy atom. The molecule has 3 heterocycles. The number of carbonyl (C=O) groups is 2. The Hall–Kier alpha value is -2.80. The monoisotopic (exact) mass is 424 g/mol. The SMILES string of the molecule is O=C(NC1CCN(C(=O)NCC(c2ccco2)N2CCCCC2)CC1)c1ccccc1. The van der Waals surface area contributed by atoms with Crippen molar-refractivity contribution in [3.05, 3.63) is 60.1 Å². The van der Waals surface area contributed by atoms with Crippen molar-refractivity contribution < 1.29 is 14.0 Å². The van der Waals surface area contributed by atoms with Crippen LogP contribution in [-0.2, 0) is 0 Å². The molecule has 7 heteroatoms. The molecule has 2 aliphatic rings. The molecule has 2 aliphatic heterocycles. The van der Waals surface area contributed by atoms with Gasteiger partial charge in [-0.3, -0.25) is 9.69 Å². The van der Waals surface area contributed by atoms with Crippen LogP contribution in [0.25, 0.3) is 0 Å². The first kappa shape index (κ1) is 21.4. The molecule has 2 fully saturated rings. The van der Waals surface area contributed by atoms with Crippen molar-refractivity contribution in [3.8, 4) is 0 Å². The minimum Gasteiger partial charge on any atom is -0.468 e. The molecule has 1 aromatic carbocycles. The standard InChI is InChI=1S/C24H32N4O3/c29-23(19-8-3-1-4-9-19)26-20-11-15-28(16-12-20)24(30)25-18-21(22-10-7-17-31-22)27-13-5-2-6-14-27/h1,3-4,7-10,17,20-21H,2,5-6,11-16,18H2,(H,25,30)(H,26,29). The van der Waals surface area contributed by atoms with Gasteiger partial charge in [-0.25, -0.2) is 4.79 Å². The molecule has 4 rings (SSSR count). The maximum atomic E-state index is 12.8. The molecule has 1 aromatic heterocycles. The van der Waals surface area contributed by atoms with Crippen molar-refractivity contribution in [1.82, 2.24) is 20.4 Å². The smallest absolute Gasteiger partial charge is 0.317 e. The number of piperidine rings is 2. The molecular weight excluding hydrogens is 392 g/mol. The van der Waals surface area contributed by atoms with Crippen LogP contribution in [0.4, 0.5) is 4.79 Å². The van der Waals surface area contributed by atoms with E-state index in [1.54, 1.807) is 6.26 Å². The number of hydrogen-bond acceptors (Lipinski definition) is 4. The lowest BCUT2D eigenvalue weighted by Gasteiger charge is -2.35. The fraction of sp³-hybridized carbons (Fsp3) is 0.500. The first-order valence-electron chi connectivity index (χ1n) is 11.4. The molecule has 0 aliphatic carbocycles. The van der Waals surface area contributed by atoms with Crippen LogP contribution in [0.2, 0.25) is 0 Å². The second-order valence-electron chi connectivity index (χ2n) is 8.41. The molecule has 0 bridgehead atoms. The second-order valence-corrected chi connectivity index (χ2v) is 8.41. The van der Waals surface area contributed by atoms with Crippen molar-refractivity contribution in [2.75, 3.05) is 32.7 Å². The van der Waals surface area contributed by atoms with Crippen LogP contribution in [0.5, 0.6) is 0 Å². The topological polar surface area (TPSA) is 77.8 Å². The summed E-state index contributed by atoms with van der Waals surface area (Å²) in [5, 5.41) is 6.21. The lowest BCUT2D eigenvalue weighted by Crippen LogP contribution is -2.50. The molecule has 2 aromatic rings. The Bertz CT molecular complexity index is 826. The Morgan fingerprint density at radius 2 is 1.71 bits per heavy atom. The molecule has 2 saturated heterocycles. The van der Waals surface area contributed by atoms with Gasteiger partial charge in [-0.1, -0.05) is 24.6 Å². The number of nitrogens with zero attached hydrogens (tertiary/aromatic N) is 2. The predicted molar refractivity (Wildman–Crippen MR) is 119 cm³/mol. The van der Waals surface area contributed by atoms with Crippen molar-refractivity contribution >= 4 is 11.9 Å². The van der Waals surface area contributed by atoms with E-state index in [1.165, 1.54) is 19.3 Å². The molecule has 7 nitrogen and oxygen atoms in total. The molecule has 166 valence electrons. The summed E-state index contributed by atoms with van der Waals surface area (Å²) in [6.07, 6.45) is 6.87. The van der Waals surface area contributed by atoms with Gasteiger partial charge in [0, 0.05) is 31.2 Å². The van der Waals surface area contributed by atoms with Gasteiger partial charge < -0.3 is 20.0 Å². The minimum atomic E-state index is -0.0497. The number of carbonyl (C=O) groups excluding carboxylic acids is 2. The van der Waals surface area contributed by atoms with Gasteiger partial charge in [-0.05, 0) is 63.0 Å².